The van der Waals surface area contributed by atoms with E-state index in [1.807, 2.05) is 32.2 Å². The lowest BCUT2D eigenvalue weighted by molar-refractivity contribution is -0.117. The number of rotatable bonds is 6. The van der Waals surface area contributed by atoms with Gasteiger partial charge in [0.05, 0.1) is 27.5 Å². The first-order chi connectivity index (χ1) is 13.3. The summed E-state index contributed by atoms with van der Waals surface area (Å²) in [7, 11) is -1.76. The third-order valence-electron chi connectivity index (χ3n) is 4.07. The second kappa shape index (κ2) is 8.46. The van der Waals surface area contributed by atoms with Gasteiger partial charge in [-0.05, 0) is 49.4 Å². The molecule has 0 N–H and O–H groups in total. The van der Waals surface area contributed by atoms with E-state index in [1.165, 1.54) is 35.6 Å². The number of carbonyl (C=O) groups excluding carboxylic acids is 1. The minimum Gasteiger partial charge on any atom is -0.494 e. The third-order valence-corrected chi connectivity index (χ3v) is 7.15. The number of hydrogen-bond acceptors (Lipinski definition) is 5. The first-order valence-electron chi connectivity index (χ1n) is 8.58. The van der Waals surface area contributed by atoms with Crippen LogP contribution in [0.3, 0.4) is 0 Å². The van der Waals surface area contributed by atoms with Crippen molar-refractivity contribution in [3.8, 4) is 5.75 Å². The van der Waals surface area contributed by atoms with Crippen molar-refractivity contribution in [1.82, 2.24) is 4.57 Å². The summed E-state index contributed by atoms with van der Waals surface area (Å²) in [5, 5.41) is 0.454. The van der Waals surface area contributed by atoms with Crippen molar-refractivity contribution >= 4 is 48.9 Å². The van der Waals surface area contributed by atoms with Crippen molar-refractivity contribution in [3.63, 3.8) is 0 Å². The highest BCUT2D eigenvalue weighted by molar-refractivity contribution is 7.91. The van der Waals surface area contributed by atoms with Gasteiger partial charge in [0.15, 0.2) is 14.6 Å². The fourth-order valence-electron chi connectivity index (χ4n) is 2.62. The fourth-order valence-corrected chi connectivity index (χ4v) is 5.04. The average Bonchev–Trinajstić information content (AvgIpc) is 2.96. The number of sulfone groups is 1. The zero-order chi connectivity index (χ0) is 20.3. The van der Waals surface area contributed by atoms with Crippen molar-refractivity contribution in [2.75, 3.05) is 12.4 Å². The molecule has 9 heteroatoms. The molecule has 1 aromatic heterocycles. The van der Waals surface area contributed by atoms with Gasteiger partial charge in [-0.1, -0.05) is 22.9 Å². The standard InChI is InChI=1S/C19H19ClN2O4S2/c1-3-26-14-6-9-16-17(12-14)27-19(22(16)2)21-18(23)10-11-28(24,25)15-7-4-13(20)5-8-15/h4-9,12H,3,10-11H2,1-2H3. The number of ether oxygens (including phenoxy) is 1. The van der Waals surface area contributed by atoms with Crippen LogP contribution in [0.25, 0.3) is 10.2 Å². The minimum absolute atomic E-state index is 0.139. The van der Waals surface area contributed by atoms with Crippen molar-refractivity contribution in [2.24, 2.45) is 12.0 Å². The van der Waals surface area contributed by atoms with Crippen LogP contribution in [0.5, 0.6) is 5.75 Å². The van der Waals surface area contributed by atoms with Gasteiger partial charge in [0.25, 0.3) is 0 Å². The van der Waals surface area contributed by atoms with Crippen LogP contribution < -0.4 is 9.54 Å². The number of halogens is 1. The van der Waals surface area contributed by atoms with Gasteiger partial charge in [-0.15, -0.1) is 0 Å². The Bertz CT molecular complexity index is 1180. The Hall–Kier alpha value is -2.16. The molecule has 148 valence electrons. The van der Waals surface area contributed by atoms with Gasteiger partial charge in [-0.25, -0.2) is 8.42 Å². The Morgan fingerprint density at radius 2 is 1.93 bits per heavy atom. The highest BCUT2D eigenvalue weighted by Crippen LogP contribution is 2.23. The second-order valence-electron chi connectivity index (χ2n) is 6.03. The fraction of sp³-hybridized carbons (Fsp3) is 0.263. The van der Waals surface area contributed by atoms with E-state index in [2.05, 4.69) is 4.99 Å². The van der Waals surface area contributed by atoms with Crippen LogP contribution >= 0.6 is 22.9 Å². The van der Waals surface area contributed by atoms with E-state index in [1.54, 1.807) is 4.57 Å². The molecule has 0 spiro atoms. The number of benzene rings is 2. The molecule has 0 aliphatic carbocycles. The molecule has 2 aromatic carbocycles. The molecule has 0 saturated carbocycles. The summed E-state index contributed by atoms with van der Waals surface area (Å²) in [5.41, 5.74) is 0.925. The third kappa shape index (κ3) is 4.63. The van der Waals surface area contributed by atoms with Crippen LogP contribution in [-0.4, -0.2) is 31.3 Å². The molecule has 0 aliphatic rings. The Balaban J connectivity index is 1.78. The normalized spacial score (nSPS) is 12.5. The Morgan fingerprint density at radius 1 is 1.21 bits per heavy atom. The molecule has 3 rings (SSSR count). The monoisotopic (exact) mass is 438 g/mol. The molecule has 1 heterocycles. The maximum absolute atomic E-state index is 12.4. The molecular weight excluding hydrogens is 420 g/mol. The Labute approximate surface area is 172 Å². The lowest BCUT2D eigenvalue weighted by atomic mass is 10.3. The predicted molar refractivity (Wildman–Crippen MR) is 111 cm³/mol. The Morgan fingerprint density at radius 3 is 2.61 bits per heavy atom. The summed E-state index contributed by atoms with van der Waals surface area (Å²) >= 11 is 7.14. The smallest absolute Gasteiger partial charge is 0.249 e. The first kappa shape index (κ1) is 20.6. The number of hydrogen-bond donors (Lipinski definition) is 0. The van der Waals surface area contributed by atoms with Gasteiger partial charge < -0.3 is 9.30 Å². The van der Waals surface area contributed by atoms with Gasteiger partial charge in [-0.2, -0.15) is 4.99 Å². The lowest BCUT2D eigenvalue weighted by Gasteiger charge is -2.03. The van der Waals surface area contributed by atoms with Gasteiger partial charge in [-0.3, -0.25) is 4.79 Å². The molecule has 0 unspecified atom stereocenters. The molecule has 0 atom stereocenters. The van der Waals surface area contributed by atoms with Gasteiger partial charge in [0, 0.05) is 18.5 Å². The van der Waals surface area contributed by atoms with Crippen molar-refractivity contribution < 1.29 is 17.9 Å². The number of thiazole rings is 1. The van der Waals surface area contributed by atoms with E-state index >= 15 is 0 Å². The van der Waals surface area contributed by atoms with Crippen LogP contribution in [0.1, 0.15) is 13.3 Å². The summed E-state index contributed by atoms with van der Waals surface area (Å²) in [5.74, 6) is -0.0337. The van der Waals surface area contributed by atoms with Crippen molar-refractivity contribution in [1.29, 1.82) is 0 Å². The maximum Gasteiger partial charge on any atom is 0.249 e. The first-order valence-corrected chi connectivity index (χ1v) is 11.4. The highest BCUT2D eigenvalue weighted by atomic mass is 35.5. The van der Waals surface area contributed by atoms with Crippen LogP contribution in [0.4, 0.5) is 0 Å². The Kier molecular flexibility index (Phi) is 6.22. The van der Waals surface area contributed by atoms with Crippen molar-refractivity contribution in [2.45, 2.75) is 18.2 Å². The van der Waals surface area contributed by atoms with E-state index in [-0.39, 0.29) is 17.1 Å². The molecule has 1 amide bonds. The number of fused-ring (bicyclic) bond motifs is 1. The number of nitrogens with zero attached hydrogens (tertiary/aromatic N) is 2. The SMILES string of the molecule is CCOc1ccc2c(c1)sc(=NC(=O)CCS(=O)(=O)c1ccc(Cl)cc1)n2C. The quantitative estimate of drug-likeness (QED) is 0.589. The summed E-state index contributed by atoms with van der Waals surface area (Å²) in [6.07, 6.45) is -0.191. The molecular formula is C19H19ClN2O4S2. The van der Waals surface area contributed by atoms with Gasteiger partial charge in [0.1, 0.15) is 5.75 Å². The molecule has 0 radical (unpaired) electrons. The highest BCUT2D eigenvalue weighted by Gasteiger charge is 2.16. The van der Waals surface area contributed by atoms with Crippen molar-refractivity contribution in [3.05, 3.63) is 52.3 Å². The summed E-state index contributed by atoms with van der Waals surface area (Å²) in [4.78, 5) is 17.0. The largest absolute Gasteiger partial charge is 0.494 e. The molecule has 6 nitrogen and oxygen atoms in total. The summed E-state index contributed by atoms with van der Waals surface area (Å²) < 4.78 is 32.9. The van der Waals surface area contributed by atoms with E-state index in [0.29, 0.717) is 16.4 Å². The number of carbonyl (C=O) groups is 1. The molecule has 0 bridgehead atoms. The van der Waals surface area contributed by atoms with Crippen LogP contribution in [0.2, 0.25) is 5.02 Å². The van der Waals surface area contributed by atoms with E-state index < -0.39 is 15.7 Å². The van der Waals surface area contributed by atoms with E-state index in [4.69, 9.17) is 16.3 Å². The van der Waals surface area contributed by atoms with Crippen LogP contribution in [0.15, 0.2) is 52.4 Å². The lowest BCUT2D eigenvalue weighted by Crippen LogP contribution is -2.15. The molecule has 28 heavy (non-hydrogen) atoms. The molecule has 3 aromatic rings. The topological polar surface area (TPSA) is 77.7 Å². The average molecular weight is 439 g/mol. The molecule has 0 aliphatic heterocycles. The van der Waals surface area contributed by atoms with E-state index in [9.17, 15) is 13.2 Å². The maximum atomic E-state index is 12.4. The summed E-state index contributed by atoms with van der Waals surface area (Å²) in [6.45, 7) is 2.48. The molecule has 0 saturated heterocycles. The number of aryl methyl sites for hydroxylation is 1. The van der Waals surface area contributed by atoms with Crippen LogP contribution in [0, 0.1) is 0 Å². The van der Waals surface area contributed by atoms with Gasteiger partial charge in [0.2, 0.25) is 5.91 Å². The predicted octanol–water partition coefficient (Wildman–Crippen LogP) is 3.58. The summed E-state index contributed by atoms with van der Waals surface area (Å²) in [6, 6.07) is 11.6. The van der Waals surface area contributed by atoms with E-state index in [0.717, 1.165) is 16.0 Å². The zero-order valence-electron chi connectivity index (χ0n) is 15.4. The zero-order valence-corrected chi connectivity index (χ0v) is 17.8. The van der Waals surface area contributed by atoms with Crippen LogP contribution in [-0.2, 0) is 21.7 Å². The minimum atomic E-state index is -3.57. The second-order valence-corrected chi connectivity index (χ2v) is 9.59. The van der Waals surface area contributed by atoms with Gasteiger partial charge >= 0.3 is 0 Å². The number of aromatic nitrogens is 1. The number of amides is 1. The molecule has 0 fully saturated rings.